The summed E-state index contributed by atoms with van der Waals surface area (Å²) in [5.74, 6) is 0. The Balaban J connectivity index is 1.14. The van der Waals surface area contributed by atoms with Gasteiger partial charge in [-0.05, 0) is 143 Å². The highest BCUT2D eigenvalue weighted by molar-refractivity contribution is 7.26. The van der Waals surface area contributed by atoms with Crippen LogP contribution in [0.25, 0.3) is 42.4 Å². The van der Waals surface area contributed by atoms with Gasteiger partial charge in [0.25, 0.3) is 0 Å². The second-order valence-corrected chi connectivity index (χ2v) is 25.4. The van der Waals surface area contributed by atoms with E-state index in [9.17, 15) is 0 Å². The van der Waals surface area contributed by atoms with Crippen molar-refractivity contribution in [3.63, 3.8) is 0 Å². The van der Waals surface area contributed by atoms with Gasteiger partial charge in [0.1, 0.15) is 0 Å². The molecule has 0 saturated carbocycles. The molecule has 69 heavy (non-hydrogen) atoms. The van der Waals surface area contributed by atoms with Crippen molar-refractivity contribution in [2.24, 2.45) is 0 Å². The molecular formula is C65H59BN2S. The third-order valence-electron chi connectivity index (χ3n) is 17.4. The first-order valence-corrected chi connectivity index (χ1v) is 26.2. The molecule has 1 aromatic heterocycles. The number of anilines is 5. The number of nitrogens with zero attached hydrogens (tertiary/aromatic N) is 2. The monoisotopic (exact) mass is 910 g/mol. The van der Waals surface area contributed by atoms with E-state index in [2.05, 4.69) is 231 Å². The van der Waals surface area contributed by atoms with E-state index in [1.165, 1.54) is 139 Å². The van der Waals surface area contributed by atoms with E-state index in [1.54, 1.807) is 0 Å². The summed E-state index contributed by atoms with van der Waals surface area (Å²) in [5.41, 5.74) is 25.4. The molecule has 5 aliphatic rings. The minimum atomic E-state index is -0.501. The van der Waals surface area contributed by atoms with Crippen molar-refractivity contribution in [3.05, 3.63) is 196 Å². The van der Waals surface area contributed by atoms with Gasteiger partial charge < -0.3 is 9.71 Å². The van der Waals surface area contributed by atoms with Crippen LogP contribution in [0.1, 0.15) is 127 Å². The largest absolute Gasteiger partial charge is 0.375 e. The van der Waals surface area contributed by atoms with Crippen LogP contribution in [-0.2, 0) is 27.1 Å². The number of fused-ring (bicyclic) bond motifs is 18. The molecule has 4 heteroatoms. The zero-order valence-corrected chi connectivity index (χ0v) is 42.5. The van der Waals surface area contributed by atoms with Gasteiger partial charge in [-0.2, -0.15) is 0 Å². The third kappa shape index (κ3) is 5.34. The lowest BCUT2D eigenvalue weighted by molar-refractivity contribution is 0.332. The maximum absolute atomic E-state index is 2.78. The van der Waals surface area contributed by atoms with Gasteiger partial charge in [0, 0.05) is 38.1 Å². The van der Waals surface area contributed by atoms with Crippen molar-refractivity contribution in [1.82, 2.24) is 0 Å². The zero-order valence-electron chi connectivity index (χ0n) is 41.7. The van der Waals surface area contributed by atoms with Crippen LogP contribution in [0.4, 0.5) is 28.4 Å². The lowest BCUT2D eigenvalue weighted by Crippen LogP contribution is -2.62. The molecule has 14 rings (SSSR count). The molecule has 0 saturated heterocycles. The molecule has 1 spiro atoms. The number of rotatable bonds is 1. The van der Waals surface area contributed by atoms with E-state index in [0.717, 1.165) is 0 Å². The Kier molecular flexibility index (Phi) is 8.13. The average Bonchev–Trinajstić information content (AvgIpc) is 3.85. The first-order chi connectivity index (χ1) is 33.0. The molecular weight excluding hydrogens is 852 g/mol. The fourth-order valence-corrected chi connectivity index (χ4v) is 15.0. The van der Waals surface area contributed by atoms with Gasteiger partial charge in [-0.25, -0.2) is 0 Å². The molecule has 0 bridgehead atoms. The minimum absolute atomic E-state index is 0.0281. The van der Waals surface area contributed by atoms with Crippen LogP contribution in [0.3, 0.4) is 0 Å². The van der Waals surface area contributed by atoms with Crippen molar-refractivity contribution >= 4 is 77.7 Å². The summed E-state index contributed by atoms with van der Waals surface area (Å²) >= 11 is 2.01. The summed E-state index contributed by atoms with van der Waals surface area (Å²) in [5, 5.41) is 2.76. The van der Waals surface area contributed by atoms with Gasteiger partial charge in [0.15, 0.2) is 0 Å². The van der Waals surface area contributed by atoms with Crippen LogP contribution in [0.15, 0.2) is 152 Å². The van der Waals surface area contributed by atoms with E-state index in [1.807, 2.05) is 11.3 Å². The molecule has 0 fully saturated rings. The van der Waals surface area contributed by atoms with Crippen molar-refractivity contribution < 1.29 is 0 Å². The number of para-hydroxylation sites is 2. The summed E-state index contributed by atoms with van der Waals surface area (Å²) < 4.78 is 2.77. The van der Waals surface area contributed by atoms with E-state index in [4.69, 9.17) is 0 Å². The lowest BCUT2D eigenvalue weighted by atomic mass is 9.42. The topological polar surface area (TPSA) is 6.48 Å². The third-order valence-corrected chi connectivity index (χ3v) is 18.6. The Morgan fingerprint density at radius 1 is 0.478 bits per heavy atom. The van der Waals surface area contributed by atoms with E-state index in [0.29, 0.717) is 0 Å². The molecule has 0 radical (unpaired) electrons. The highest BCUT2D eigenvalue weighted by atomic mass is 32.1. The predicted octanol–water partition coefficient (Wildman–Crippen LogP) is 16.4. The van der Waals surface area contributed by atoms with Gasteiger partial charge in [0.05, 0.1) is 21.5 Å². The maximum Gasteiger partial charge on any atom is 0.333 e. The summed E-state index contributed by atoms with van der Waals surface area (Å²) in [6, 6.07) is 60.1. The van der Waals surface area contributed by atoms with Crippen molar-refractivity contribution in [2.45, 2.75) is 109 Å². The van der Waals surface area contributed by atoms with Gasteiger partial charge in [-0.15, -0.1) is 11.3 Å². The normalized spacial score (nSPS) is 17.3. The number of benzene rings is 8. The number of thiophene rings is 1. The quantitative estimate of drug-likeness (QED) is 0.151. The average molecular weight is 911 g/mol. The molecule has 4 heterocycles. The second-order valence-electron chi connectivity index (χ2n) is 24.3. The zero-order chi connectivity index (χ0) is 47.3. The Morgan fingerprint density at radius 3 is 1.75 bits per heavy atom. The Labute approximate surface area is 412 Å². The van der Waals surface area contributed by atoms with Crippen LogP contribution in [0, 0.1) is 0 Å². The number of hydrogen-bond donors (Lipinski definition) is 0. The molecule has 338 valence electrons. The first kappa shape index (κ1) is 41.6. The molecule has 0 amide bonds. The molecule has 2 aliphatic carbocycles. The molecule has 3 aliphatic heterocycles. The van der Waals surface area contributed by atoms with Crippen LogP contribution in [0.2, 0.25) is 0 Å². The standard InChI is InChI=1S/C65H59BN2S/c1-61(2,3)38-26-28-40(29-27-38)68-58-43(30-31-44-45-36-51-52(37-56(45)69-60(44)58)64(9,10)33-32-63(51,7)8)46-34-39(62(4,5)6)35-55-57(46)66(68)53-24-17-23-50-59(53)67(55)54-25-16-15-22-49(54)65(50)47-20-13-11-18-41(47)42-19-12-14-21-48(42)65/h11-31,34-37H,32-33H2,1-10H3. The SMILES string of the molecule is CC(C)(C)c1ccc(N2B3c4cccc5c4N(c4ccccc4C54c5ccccc5-c5ccccc54)c4cc(C(C)(C)C)cc(c43)-c3ccc4c(sc5cc6c(cc54)C(C)(C)CCC6(C)C)c32)cc1. The smallest absolute Gasteiger partial charge is 0.333 e. The first-order valence-electron chi connectivity index (χ1n) is 25.3. The van der Waals surface area contributed by atoms with E-state index < -0.39 is 5.41 Å². The fraction of sp³-hybridized carbons (Fsp3) is 0.262. The molecule has 8 aromatic carbocycles. The van der Waals surface area contributed by atoms with Crippen molar-refractivity contribution in [1.29, 1.82) is 0 Å². The van der Waals surface area contributed by atoms with E-state index >= 15 is 0 Å². The van der Waals surface area contributed by atoms with Gasteiger partial charge in [0.2, 0.25) is 0 Å². The summed E-state index contributed by atoms with van der Waals surface area (Å²) in [4.78, 5) is 5.48. The summed E-state index contributed by atoms with van der Waals surface area (Å²) in [6.07, 6.45) is 2.40. The van der Waals surface area contributed by atoms with Gasteiger partial charge >= 0.3 is 6.85 Å². The van der Waals surface area contributed by atoms with Crippen molar-refractivity contribution in [2.75, 3.05) is 9.71 Å². The van der Waals surface area contributed by atoms with Crippen LogP contribution in [-0.4, -0.2) is 6.85 Å². The summed E-state index contributed by atoms with van der Waals surface area (Å²) in [7, 11) is 0. The molecule has 9 aromatic rings. The maximum atomic E-state index is 2.78. The highest BCUT2D eigenvalue weighted by Gasteiger charge is 2.56. The Morgan fingerprint density at radius 2 is 1.09 bits per heavy atom. The highest BCUT2D eigenvalue weighted by Crippen LogP contribution is 2.64. The van der Waals surface area contributed by atoms with E-state index in [-0.39, 0.29) is 28.5 Å². The minimum Gasteiger partial charge on any atom is -0.375 e. The van der Waals surface area contributed by atoms with Crippen LogP contribution in [0.5, 0.6) is 0 Å². The van der Waals surface area contributed by atoms with Gasteiger partial charge in [-0.1, -0.05) is 184 Å². The Bertz CT molecular complexity index is 3680. The fourth-order valence-electron chi connectivity index (χ4n) is 13.7. The van der Waals surface area contributed by atoms with Crippen LogP contribution < -0.4 is 20.6 Å². The number of hydrogen-bond acceptors (Lipinski definition) is 3. The van der Waals surface area contributed by atoms with Crippen molar-refractivity contribution in [3.8, 4) is 22.3 Å². The van der Waals surface area contributed by atoms with Crippen LogP contribution >= 0.6 is 11.3 Å². The predicted molar refractivity (Wildman–Crippen MR) is 297 cm³/mol. The molecule has 2 nitrogen and oxygen atoms in total. The molecule has 0 N–H and O–H groups in total. The summed E-state index contributed by atoms with van der Waals surface area (Å²) in [6.45, 7) is 23.9. The molecule has 0 atom stereocenters. The molecule has 0 unspecified atom stereocenters. The second kappa shape index (κ2) is 13.5. The lowest BCUT2D eigenvalue weighted by Gasteiger charge is -2.52. The van der Waals surface area contributed by atoms with Gasteiger partial charge in [-0.3, -0.25) is 0 Å². The Hall–Kier alpha value is -6.36.